The molecule has 0 heterocycles. The topological polar surface area (TPSA) is 50.4 Å². The van der Waals surface area contributed by atoms with Gasteiger partial charge in [0.05, 0.1) is 0 Å². The van der Waals surface area contributed by atoms with Crippen molar-refractivity contribution in [3.05, 3.63) is 35.9 Å². The van der Waals surface area contributed by atoms with Crippen LogP contribution in [0.5, 0.6) is 0 Å². The maximum Gasteiger partial charge on any atom is 0.188 e. The van der Waals surface area contributed by atoms with Crippen LogP contribution in [0.15, 0.2) is 35.3 Å². The Balaban J connectivity index is 1.64. The second-order valence-electron chi connectivity index (χ2n) is 5.34. The van der Waals surface area contributed by atoms with Gasteiger partial charge in [-0.25, -0.2) is 0 Å². The lowest BCUT2D eigenvalue weighted by Gasteiger charge is -2.23. The summed E-state index contributed by atoms with van der Waals surface area (Å²) in [5.41, 5.74) is 7.29. The van der Waals surface area contributed by atoms with E-state index in [0.29, 0.717) is 12.0 Å². The molecule has 104 valence electrons. The van der Waals surface area contributed by atoms with E-state index in [2.05, 4.69) is 34.6 Å². The zero-order valence-electron chi connectivity index (χ0n) is 11.6. The molecular weight excluding hydrogens is 234 g/mol. The maximum atomic E-state index is 5.92. The van der Waals surface area contributed by atoms with Gasteiger partial charge in [0.2, 0.25) is 0 Å². The summed E-state index contributed by atoms with van der Waals surface area (Å²) < 4.78 is 0. The van der Waals surface area contributed by atoms with Crippen molar-refractivity contribution < 1.29 is 0 Å². The second kappa shape index (κ2) is 7.82. The summed E-state index contributed by atoms with van der Waals surface area (Å²) in [6, 6.07) is 11.1. The Morgan fingerprint density at radius 1 is 1.16 bits per heavy atom. The van der Waals surface area contributed by atoms with Gasteiger partial charge in [0, 0.05) is 12.6 Å². The third kappa shape index (κ3) is 5.33. The Hall–Kier alpha value is -1.51. The zero-order chi connectivity index (χ0) is 13.3. The largest absolute Gasteiger partial charge is 0.370 e. The summed E-state index contributed by atoms with van der Waals surface area (Å²) in [5, 5.41) is 3.35. The number of nitrogens with zero attached hydrogens (tertiary/aromatic N) is 1. The molecule has 1 aromatic rings. The minimum absolute atomic E-state index is 0.548. The highest BCUT2D eigenvalue weighted by Crippen LogP contribution is 2.16. The number of hydrogen-bond donors (Lipinski definition) is 2. The van der Waals surface area contributed by atoms with Crippen molar-refractivity contribution >= 4 is 5.96 Å². The summed E-state index contributed by atoms with van der Waals surface area (Å²) in [6.07, 6.45) is 8.60. The minimum atomic E-state index is 0.548. The van der Waals surface area contributed by atoms with Crippen molar-refractivity contribution in [1.82, 2.24) is 5.32 Å². The van der Waals surface area contributed by atoms with Crippen LogP contribution in [0.25, 0.3) is 0 Å². The number of nitrogens with one attached hydrogen (secondary N) is 1. The summed E-state index contributed by atoms with van der Waals surface area (Å²) in [4.78, 5) is 4.42. The first-order chi connectivity index (χ1) is 9.34. The van der Waals surface area contributed by atoms with Gasteiger partial charge in [0.15, 0.2) is 5.96 Å². The summed E-state index contributed by atoms with van der Waals surface area (Å²) in [7, 11) is 0. The van der Waals surface area contributed by atoms with E-state index in [1.54, 1.807) is 0 Å². The molecule has 0 bridgehead atoms. The van der Waals surface area contributed by atoms with Crippen LogP contribution in [0.3, 0.4) is 0 Å². The predicted octanol–water partition coefficient (Wildman–Crippen LogP) is 2.86. The molecule has 2 rings (SSSR count). The highest BCUT2D eigenvalue weighted by molar-refractivity contribution is 5.78. The van der Waals surface area contributed by atoms with Crippen molar-refractivity contribution in [3.63, 3.8) is 0 Å². The molecule has 1 saturated carbocycles. The van der Waals surface area contributed by atoms with Crippen molar-refractivity contribution in [3.8, 4) is 0 Å². The van der Waals surface area contributed by atoms with Gasteiger partial charge in [-0.3, -0.25) is 4.99 Å². The number of aliphatic imine (C=N–C) groups is 1. The molecule has 0 radical (unpaired) electrons. The molecule has 3 heteroatoms. The Morgan fingerprint density at radius 3 is 2.63 bits per heavy atom. The number of rotatable bonds is 5. The number of nitrogens with two attached hydrogens (primary N) is 1. The lowest BCUT2D eigenvalue weighted by Crippen LogP contribution is -2.41. The zero-order valence-corrected chi connectivity index (χ0v) is 11.6. The molecule has 0 aliphatic heterocycles. The monoisotopic (exact) mass is 259 g/mol. The highest BCUT2D eigenvalue weighted by Gasteiger charge is 2.12. The van der Waals surface area contributed by atoms with Crippen molar-refractivity contribution in [2.45, 2.75) is 51.0 Å². The van der Waals surface area contributed by atoms with Crippen LogP contribution in [0.2, 0.25) is 0 Å². The third-order valence-electron chi connectivity index (χ3n) is 3.71. The molecule has 1 fully saturated rings. The van der Waals surface area contributed by atoms with Gasteiger partial charge in [0.25, 0.3) is 0 Å². The fourth-order valence-electron chi connectivity index (χ4n) is 2.63. The Kier molecular flexibility index (Phi) is 5.73. The van der Waals surface area contributed by atoms with E-state index in [1.165, 1.54) is 37.7 Å². The minimum Gasteiger partial charge on any atom is -0.370 e. The van der Waals surface area contributed by atoms with Gasteiger partial charge in [-0.05, 0) is 31.2 Å². The van der Waals surface area contributed by atoms with Crippen LogP contribution in [-0.2, 0) is 6.42 Å². The molecule has 0 spiro atoms. The van der Waals surface area contributed by atoms with Crippen molar-refractivity contribution in [2.75, 3.05) is 6.54 Å². The van der Waals surface area contributed by atoms with Gasteiger partial charge in [-0.1, -0.05) is 49.6 Å². The van der Waals surface area contributed by atoms with E-state index in [0.717, 1.165) is 19.4 Å². The Labute approximate surface area is 116 Å². The lowest BCUT2D eigenvalue weighted by molar-refractivity contribution is 0.412. The molecular formula is C16H25N3. The van der Waals surface area contributed by atoms with Gasteiger partial charge < -0.3 is 11.1 Å². The molecule has 0 amide bonds. The number of benzene rings is 1. The van der Waals surface area contributed by atoms with Crippen LogP contribution in [0, 0.1) is 0 Å². The first-order valence-corrected chi connectivity index (χ1v) is 7.45. The maximum absolute atomic E-state index is 5.92. The van der Waals surface area contributed by atoms with Gasteiger partial charge in [-0.2, -0.15) is 0 Å². The molecule has 3 nitrogen and oxygen atoms in total. The van der Waals surface area contributed by atoms with Gasteiger partial charge >= 0.3 is 0 Å². The fraction of sp³-hybridized carbons (Fsp3) is 0.562. The molecule has 1 aromatic carbocycles. The number of aryl methyl sites for hydroxylation is 1. The number of guanidine groups is 1. The van der Waals surface area contributed by atoms with Crippen LogP contribution in [-0.4, -0.2) is 18.5 Å². The van der Waals surface area contributed by atoms with Crippen molar-refractivity contribution in [1.29, 1.82) is 0 Å². The summed E-state index contributed by atoms with van der Waals surface area (Å²) >= 11 is 0. The van der Waals surface area contributed by atoms with E-state index in [-0.39, 0.29) is 0 Å². The molecule has 1 aliphatic rings. The average molecular weight is 259 g/mol. The molecule has 19 heavy (non-hydrogen) atoms. The first kappa shape index (κ1) is 13.9. The summed E-state index contributed by atoms with van der Waals surface area (Å²) in [5.74, 6) is 0.625. The van der Waals surface area contributed by atoms with Crippen LogP contribution in [0.4, 0.5) is 0 Å². The predicted molar refractivity (Wildman–Crippen MR) is 81.3 cm³/mol. The number of hydrogen-bond acceptors (Lipinski definition) is 1. The fourth-order valence-corrected chi connectivity index (χ4v) is 2.63. The average Bonchev–Trinajstić information content (AvgIpc) is 2.46. The normalized spacial score (nSPS) is 17.4. The van der Waals surface area contributed by atoms with Crippen molar-refractivity contribution in [2.24, 2.45) is 10.7 Å². The van der Waals surface area contributed by atoms with E-state index >= 15 is 0 Å². The van der Waals surface area contributed by atoms with E-state index < -0.39 is 0 Å². The van der Waals surface area contributed by atoms with E-state index in [4.69, 9.17) is 5.73 Å². The molecule has 3 N–H and O–H groups in total. The molecule has 0 unspecified atom stereocenters. The lowest BCUT2D eigenvalue weighted by atomic mass is 9.96. The highest BCUT2D eigenvalue weighted by atomic mass is 15.1. The van der Waals surface area contributed by atoms with Gasteiger partial charge in [0.1, 0.15) is 0 Å². The first-order valence-electron chi connectivity index (χ1n) is 7.45. The van der Waals surface area contributed by atoms with Crippen LogP contribution >= 0.6 is 0 Å². The van der Waals surface area contributed by atoms with Gasteiger partial charge in [-0.15, -0.1) is 0 Å². The molecule has 0 aromatic heterocycles. The Bertz CT molecular complexity index is 380. The van der Waals surface area contributed by atoms with E-state index in [1.807, 2.05) is 6.07 Å². The summed E-state index contributed by atoms with van der Waals surface area (Å²) in [6.45, 7) is 0.806. The Morgan fingerprint density at radius 2 is 1.89 bits per heavy atom. The SMILES string of the molecule is NC(=NCCCc1ccccc1)NC1CCCCC1. The van der Waals surface area contributed by atoms with E-state index in [9.17, 15) is 0 Å². The smallest absolute Gasteiger partial charge is 0.188 e. The van der Waals surface area contributed by atoms with Crippen LogP contribution < -0.4 is 11.1 Å². The molecule has 1 aliphatic carbocycles. The van der Waals surface area contributed by atoms with Crippen LogP contribution in [0.1, 0.15) is 44.1 Å². The standard InChI is InChI=1S/C16H25N3/c17-16(19-15-11-5-2-6-12-15)18-13-7-10-14-8-3-1-4-9-14/h1,3-4,8-9,15H,2,5-7,10-13H2,(H3,17,18,19). The molecule has 0 atom stereocenters. The quantitative estimate of drug-likeness (QED) is 0.485. The third-order valence-corrected chi connectivity index (χ3v) is 3.71. The molecule has 0 saturated heterocycles. The second-order valence-corrected chi connectivity index (χ2v) is 5.34.